The normalized spacial score (nSPS) is 11.0. The lowest BCUT2D eigenvalue weighted by atomic mass is 9.99. The van der Waals surface area contributed by atoms with Crippen molar-refractivity contribution in [2.75, 3.05) is 0 Å². The summed E-state index contributed by atoms with van der Waals surface area (Å²) in [5, 5.41) is 0. The van der Waals surface area contributed by atoms with E-state index < -0.39 is 0 Å². The highest BCUT2D eigenvalue weighted by molar-refractivity contribution is 5.77. The molecule has 0 spiro atoms. The van der Waals surface area contributed by atoms with Gasteiger partial charge in [0, 0.05) is 5.56 Å². The van der Waals surface area contributed by atoms with Gasteiger partial charge in [-0.1, -0.05) is 60.7 Å². The van der Waals surface area contributed by atoms with Gasteiger partial charge in [-0.2, -0.15) is 0 Å². The van der Waals surface area contributed by atoms with E-state index in [-0.39, 0.29) is 5.82 Å². The van der Waals surface area contributed by atoms with Gasteiger partial charge in [0.1, 0.15) is 11.3 Å². The molecule has 2 nitrogen and oxygen atoms in total. The predicted molar refractivity (Wildman–Crippen MR) is 110 cm³/mol. The van der Waals surface area contributed by atoms with Gasteiger partial charge in [0.25, 0.3) is 0 Å². The molecule has 0 amide bonds. The highest BCUT2D eigenvalue weighted by atomic mass is 19.1. The molecule has 5 rings (SSSR count). The first-order valence-electron chi connectivity index (χ1n) is 9.09. The molecule has 1 aromatic heterocycles. The van der Waals surface area contributed by atoms with E-state index in [9.17, 15) is 4.39 Å². The summed E-state index contributed by atoms with van der Waals surface area (Å²) in [6.45, 7) is 0. The highest BCUT2D eigenvalue weighted by Crippen LogP contribution is 2.28. The quantitative estimate of drug-likeness (QED) is 0.345. The van der Waals surface area contributed by atoms with Gasteiger partial charge in [0.15, 0.2) is 5.58 Å². The zero-order valence-electron chi connectivity index (χ0n) is 15.0. The molecule has 134 valence electrons. The first-order chi connectivity index (χ1) is 13.8. The largest absolute Gasteiger partial charge is 0.436 e. The molecule has 0 fully saturated rings. The molecular weight excluding hydrogens is 349 g/mol. The van der Waals surface area contributed by atoms with Gasteiger partial charge in [0.2, 0.25) is 5.89 Å². The topological polar surface area (TPSA) is 26.0 Å². The predicted octanol–water partition coefficient (Wildman–Crippen LogP) is 6.97. The molecule has 28 heavy (non-hydrogen) atoms. The highest BCUT2D eigenvalue weighted by Gasteiger charge is 2.08. The van der Waals surface area contributed by atoms with E-state index in [0.717, 1.165) is 38.9 Å². The van der Waals surface area contributed by atoms with Crippen molar-refractivity contribution in [2.45, 2.75) is 0 Å². The van der Waals surface area contributed by atoms with Gasteiger partial charge < -0.3 is 4.42 Å². The van der Waals surface area contributed by atoms with E-state index in [4.69, 9.17) is 4.42 Å². The standard InChI is InChI=1S/C25H16FNO/c26-22-5-3-4-21(16-22)19-10-8-17(9-11-19)18-12-14-20(15-13-18)25-27-23-6-1-2-7-24(23)28-25/h1-16H. The minimum atomic E-state index is -0.226. The Morgan fingerprint density at radius 2 is 1.18 bits per heavy atom. The number of fused-ring (bicyclic) bond motifs is 1. The van der Waals surface area contributed by atoms with Crippen molar-refractivity contribution in [3.8, 4) is 33.7 Å². The second-order valence-electron chi connectivity index (χ2n) is 6.65. The smallest absolute Gasteiger partial charge is 0.227 e. The number of hydrogen-bond donors (Lipinski definition) is 0. The zero-order chi connectivity index (χ0) is 18.9. The molecule has 0 bridgehead atoms. The lowest BCUT2D eigenvalue weighted by Gasteiger charge is -2.06. The average Bonchev–Trinajstić information content (AvgIpc) is 3.18. The molecule has 0 saturated heterocycles. The second-order valence-corrected chi connectivity index (χ2v) is 6.65. The number of para-hydroxylation sites is 2. The van der Waals surface area contributed by atoms with Crippen molar-refractivity contribution >= 4 is 11.1 Å². The van der Waals surface area contributed by atoms with Crippen molar-refractivity contribution in [2.24, 2.45) is 0 Å². The first-order valence-corrected chi connectivity index (χ1v) is 9.09. The van der Waals surface area contributed by atoms with E-state index in [1.165, 1.54) is 6.07 Å². The summed E-state index contributed by atoms with van der Waals surface area (Å²) >= 11 is 0. The van der Waals surface area contributed by atoms with E-state index in [1.54, 1.807) is 12.1 Å². The number of halogens is 1. The van der Waals surface area contributed by atoms with Crippen LogP contribution in [0.2, 0.25) is 0 Å². The molecule has 0 aliphatic rings. The summed E-state index contributed by atoms with van der Waals surface area (Å²) in [6.07, 6.45) is 0. The molecule has 4 aromatic carbocycles. The maximum Gasteiger partial charge on any atom is 0.227 e. The van der Waals surface area contributed by atoms with Crippen LogP contribution in [-0.2, 0) is 0 Å². The summed E-state index contributed by atoms with van der Waals surface area (Å²) in [6, 6.07) is 30.7. The van der Waals surface area contributed by atoms with Crippen molar-refractivity contribution in [3.63, 3.8) is 0 Å². The first kappa shape index (κ1) is 16.5. The van der Waals surface area contributed by atoms with Crippen LogP contribution in [0, 0.1) is 5.82 Å². The Morgan fingerprint density at radius 3 is 1.82 bits per heavy atom. The van der Waals surface area contributed by atoms with E-state index in [0.29, 0.717) is 5.89 Å². The third-order valence-electron chi connectivity index (χ3n) is 4.80. The van der Waals surface area contributed by atoms with Crippen molar-refractivity contribution < 1.29 is 8.81 Å². The molecule has 0 N–H and O–H groups in total. The Bertz CT molecular complexity index is 1220. The van der Waals surface area contributed by atoms with Gasteiger partial charge in [-0.25, -0.2) is 9.37 Å². The average molecular weight is 365 g/mol. The summed E-state index contributed by atoms with van der Waals surface area (Å²) in [5.74, 6) is 0.394. The third-order valence-corrected chi connectivity index (χ3v) is 4.80. The Hall–Kier alpha value is -3.72. The summed E-state index contributed by atoms with van der Waals surface area (Å²) in [5.41, 5.74) is 6.65. The zero-order valence-corrected chi connectivity index (χ0v) is 15.0. The number of hydrogen-bond acceptors (Lipinski definition) is 2. The molecule has 0 atom stereocenters. The van der Waals surface area contributed by atoms with Crippen LogP contribution in [0.1, 0.15) is 0 Å². The number of oxazole rings is 1. The van der Waals surface area contributed by atoms with Crippen molar-refractivity contribution in [1.29, 1.82) is 0 Å². The lowest BCUT2D eigenvalue weighted by molar-refractivity contribution is 0.620. The Balaban J connectivity index is 1.42. The Morgan fingerprint density at radius 1 is 0.571 bits per heavy atom. The lowest BCUT2D eigenvalue weighted by Crippen LogP contribution is -1.83. The van der Waals surface area contributed by atoms with Crippen LogP contribution in [0.15, 0.2) is 101 Å². The van der Waals surface area contributed by atoms with Gasteiger partial charge in [-0.15, -0.1) is 0 Å². The third kappa shape index (κ3) is 3.08. The number of aromatic nitrogens is 1. The molecule has 5 aromatic rings. The molecule has 0 saturated carbocycles. The van der Waals surface area contributed by atoms with Crippen LogP contribution >= 0.6 is 0 Å². The number of rotatable bonds is 3. The Kier molecular flexibility index (Phi) is 3.99. The van der Waals surface area contributed by atoms with Crippen molar-refractivity contribution in [3.05, 3.63) is 103 Å². The minimum absolute atomic E-state index is 0.226. The number of nitrogens with zero attached hydrogens (tertiary/aromatic N) is 1. The minimum Gasteiger partial charge on any atom is -0.436 e. The van der Waals surface area contributed by atoms with E-state index in [1.807, 2.05) is 54.6 Å². The van der Waals surface area contributed by atoms with E-state index >= 15 is 0 Å². The van der Waals surface area contributed by atoms with Crippen molar-refractivity contribution in [1.82, 2.24) is 4.98 Å². The van der Waals surface area contributed by atoms with Crippen LogP contribution in [-0.4, -0.2) is 4.98 Å². The van der Waals surface area contributed by atoms with Gasteiger partial charge in [-0.3, -0.25) is 0 Å². The van der Waals surface area contributed by atoms with Crippen LogP contribution < -0.4 is 0 Å². The molecule has 0 unspecified atom stereocenters. The molecular formula is C25H16FNO. The molecule has 3 heteroatoms. The maximum atomic E-state index is 13.4. The van der Waals surface area contributed by atoms with Crippen LogP contribution in [0.5, 0.6) is 0 Å². The summed E-state index contributed by atoms with van der Waals surface area (Å²) < 4.78 is 19.3. The van der Waals surface area contributed by atoms with Crippen LogP contribution in [0.25, 0.3) is 44.8 Å². The number of benzene rings is 4. The molecule has 0 aliphatic heterocycles. The van der Waals surface area contributed by atoms with Gasteiger partial charge >= 0.3 is 0 Å². The fourth-order valence-corrected chi connectivity index (χ4v) is 3.32. The second kappa shape index (κ2) is 6.78. The molecule has 0 aliphatic carbocycles. The Labute approximate surface area is 161 Å². The fourth-order valence-electron chi connectivity index (χ4n) is 3.32. The summed E-state index contributed by atoms with van der Waals surface area (Å²) in [7, 11) is 0. The fraction of sp³-hybridized carbons (Fsp3) is 0. The van der Waals surface area contributed by atoms with E-state index in [2.05, 4.69) is 29.2 Å². The molecule has 1 heterocycles. The molecule has 0 radical (unpaired) electrons. The maximum absolute atomic E-state index is 13.4. The van der Waals surface area contributed by atoms with Crippen LogP contribution in [0.3, 0.4) is 0 Å². The van der Waals surface area contributed by atoms with Crippen LogP contribution in [0.4, 0.5) is 4.39 Å². The van der Waals surface area contributed by atoms with Gasteiger partial charge in [0.05, 0.1) is 0 Å². The summed E-state index contributed by atoms with van der Waals surface area (Å²) in [4.78, 5) is 4.54. The van der Waals surface area contributed by atoms with Gasteiger partial charge in [-0.05, 0) is 58.7 Å². The SMILES string of the molecule is Fc1cccc(-c2ccc(-c3ccc(-c4nc5ccccc5o4)cc3)cc2)c1. The monoisotopic (exact) mass is 365 g/mol.